The van der Waals surface area contributed by atoms with Crippen molar-refractivity contribution >= 4 is 16.7 Å². The molecular weight excluding hydrogens is 345 g/mol. The third kappa shape index (κ3) is 2.46. The molecule has 0 saturated heterocycles. The predicted octanol–water partition coefficient (Wildman–Crippen LogP) is 4.32. The molecule has 134 valence electrons. The van der Waals surface area contributed by atoms with Gasteiger partial charge >= 0.3 is 12.1 Å². The SMILES string of the molecule is CCOC(=O)c1cnn(-c2ccc3c4c(cccc24)CC3)c1C(F)(F)F. The summed E-state index contributed by atoms with van der Waals surface area (Å²) in [5.74, 6) is -1.03. The van der Waals surface area contributed by atoms with E-state index in [2.05, 4.69) is 5.10 Å². The van der Waals surface area contributed by atoms with Crippen molar-refractivity contribution in [3.63, 3.8) is 0 Å². The van der Waals surface area contributed by atoms with Crippen molar-refractivity contribution in [2.75, 3.05) is 6.61 Å². The normalized spacial score (nSPS) is 13.4. The number of nitrogens with zero attached hydrogens (tertiary/aromatic N) is 2. The first-order chi connectivity index (χ1) is 12.4. The molecule has 2 aromatic carbocycles. The van der Waals surface area contributed by atoms with E-state index in [1.54, 1.807) is 19.1 Å². The van der Waals surface area contributed by atoms with Crippen LogP contribution in [-0.2, 0) is 23.8 Å². The molecule has 0 unspecified atom stereocenters. The van der Waals surface area contributed by atoms with Crippen LogP contribution in [0, 0.1) is 0 Å². The molecule has 7 heteroatoms. The Bertz CT molecular complexity index is 1010. The van der Waals surface area contributed by atoms with E-state index in [-0.39, 0.29) is 6.61 Å². The van der Waals surface area contributed by atoms with Crippen LogP contribution in [0.3, 0.4) is 0 Å². The molecule has 0 aliphatic heterocycles. The maximum Gasteiger partial charge on any atom is 0.434 e. The van der Waals surface area contributed by atoms with Crippen molar-refractivity contribution in [1.82, 2.24) is 9.78 Å². The van der Waals surface area contributed by atoms with E-state index < -0.39 is 23.4 Å². The number of alkyl halides is 3. The fraction of sp³-hybridized carbons (Fsp3) is 0.263. The number of hydrogen-bond acceptors (Lipinski definition) is 3. The second-order valence-electron chi connectivity index (χ2n) is 6.12. The van der Waals surface area contributed by atoms with Gasteiger partial charge in [0.2, 0.25) is 0 Å². The summed E-state index contributed by atoms with van der Waals surface area (Å²) in [6.45, 7) is 1.53. The van der Waals surface area contributed by atoms with Gasteiger partial charge in [0.1, 0.15) is 5.56 Å². The number of aryl methyl sites for hydroxylation is 2. The van der Waals surface area contributed by atoms with Crippen LogP contribution in [0.2, 0.25) is 0 Å². The molecule has 0 N–H and O–H groups in total. The van der Waals surface area contributed by atoms with E-state index in [4.69, 9.17) is 4.74 Å². The molecular formula is C19H15F3N2O2. The highest BCUT2D eigenvalue weighted by molar-refractivity contribution is 5.97. The second kappa shape index (κ2) is 5.86. The molecule has 1 heterocycles. The number of hydrogen-bond donors (Lipinski definition) is 0. The summed E-state index contributed by atoms with van der Waals surface area (Å²) in [4.78, 5) is 12.0. The molecule has 0 atom stereocenters. The molecule has 0 amide bonds. The van der Waals surface area contributed by atoms with Crippen LogP contribution in [-0.4, -0.2) is 22.4 Å². The van der Waals surface area contributed by atoms with Crippen LogP contribution in [0.25, 0.3) is 16.5 Å². The van der Waals surface area contributed by atoms with E-state index in [1.165, 1.54) is 0 Å². The van der Waals surface area contributed by atoms with Crippen LogP contribution >= 0.6 is 0 Å². The standard InChI is InChI=1S/C19H15F3N2O2/c1-2-26-18(25)14-10-23-24(17(14)19(20,21)22)15-9-8-12-7-6-11-4-3-5-13(15)16(11)12/h3-5,8-10H,2,6-7H2,1H3. The summed E-state index contributed by atoms with van der Waals surface area (Å²) >= 11 is 0. The van der Waals surface area contributed by atoms with E-state index in [1.807, 2.05) is 18.2 Å². The number of carbonyl (C=O) groups excluding carboxylic acids is 1. The number of carbonyl (C=O) groups is 1. The zero-order chi connectivity index (χ0) is 18.5. The Hall–Kier alpha value is -2.83. The first kappa shape index (κ1) is 16.6. The van der Waals surface area contributed by atoms with Crippen LogP contribution in [0.5, 0.6) is 0 Å². The van der Waals surface area contributed by atoms with Gasteiger partial charge in [0.25, 0.3) is 0 Å². The third-order valence-electron chi connectivity index (χ3n) is 4.62. The highest BCUT2D eigenvalue weighted by Crippen LogP contribution is 2.38. The Morgan fingerprint density at radius 3 is 2.62 bits per heavy atom. The fourth-order valence-electron chi connectivity index (χ4n) is 3.58. The Morgan fingerprint density at radius 1 is 1.19 bits per heavy atom. The van der Waals surface area contributed by atoms with E-state index in [0.29, 0.717) is 11.1 Å². The van der Waals surface area contributed by atoms with Gasteiger partial charge in [-0.25, -0.2) is 9.48 Å². The van der Waals surface area contributed by atoms with Gasteiger partial charge < -0.3 is 4.74 Å². The molecule has 0 bridgehead atoms. The summed E-state index contributed by atoms with van der Waals surface area (Å²) in [7, 11) is 0. The van der Waals surface area contributed by atoms with E-state index in [9.17, 15) is 18.0 Å². The quantitative estimate of drug-likeness (QED) is 0.654. The average molecular weight is 360 g/mol. The molecule has 1 aliphatic carbocycles. The van der Waals surface area contributed by atoms with Gasteiger partial charge in [-0.2, -0.15) is 18.3 Å². The van der Waals surface area contributed by atoms with Crippen LogP contribution in [0.1, 0.15) is 34.1 Å². The molecule has 0 spiro atoms. The van der Waals surface area contributed by atoms with Gasteiger partial charge in [0.05, 0.1) is 18.5 Å². The van der Waals surface area contributed by atoms with Gasteiger partial charge in [-0.05, 0) is 42.3 Å². The lowest BCUT2D eigenvalue weighted by molar-refractivity contribution is -0.143. The van der Waals surface area contributed by atoms with E-state index >= 15 is 0 Å². The first-order valence-electron chi connectivity index (χ1n) is 8.28. The molecule has 0 radical (unpaired) electrons. The maximum atomic E-state index is 13.7. The zero-order valence-corrected chi connectivity index (χ0v) is 13.9. The highest BCUT2D eigenvalue weighted by atomic mass is 19.4. The molecule has 1 aliphatic rings. The first-order valence-corrected chi connectivity index (χ1v) is 8.28. The molecule has 4 nitrogen and oxygen atoms in total. The lowest BCUT2D eigenvalue weighted by Gasteiger charge is -2.15. The number of aromatic nitrogens is 2. The van der Waals surface area contributed by atoms with Gasteiger partial charge in [-0.15, -0.1) is 0 Å². The van der Waals surface area contributed by atoms with Crippen LogP contribution in [0.15, 0.2) is 36.5 Å². The predicted molar refractivity (Wildman–Crippen MR) is 89.4 cm³/mol. The summed E-state index contributed by atoms with van der Waals surface area (Å²) in [6.07, 6.45) is -2.09. The zero-order valence-electron chi connectivity index (χ0n) is 13.9. The topological polar surface area (TPSA) is 44.1 Å². The Kier molecular flexibility index (Phi) is 3.75. The summed E-state index contributed by atoms with van der Waals surface area (Å²) in [5.41, 5.74) is 0.837. The van der Waals surface area contributed by atoms with Crippen LogP contribution < -0.4 is 0 Å². The van der Waals surface area contributed by atoms with Gasteiger partial charge in [0.15, 0.2) is 5.69 Å². The molecule has 3 aromatic rings. The van der Waals surface area contributed by atoms with Gasteiger partial charge in [0, 0.05) is 5.39 Å². The van der Waals surface area contributed by atoms with Crippen molar-refractivity contribution < 1.29 is 22.7 Å². The summed E-state index contributed by atoms with van der Waals surface area (Å²) in [6, 6.07) is 9.07. The minimum absolute atomic E-state index is 0.0116. The van der Waals surface area contributed by atoms with Crippen molar-refractivity contribution in [3.05, 3.63) is 58.9 Å². The number of ether oxygens (including phenoxy) is 1. The van der Waals surface area contributed by atoms with Crippen molar-refractivity contribution in [1.29, 1.82) is 0 Å². The summed E-state index contributed by atoms with van der Waals surface area (Å²) in [5, 5.41) is 5.56. The maximum absolute atomic E-state index is 13.7. The molecule has 4 rings (SSSR count). The number of esters is 1. The third-order valence-corrected chi connectivity index (χ3v) is 4.62. The lowest BCUT2D eigenvalue weighted by atomic mass is 10.0. The largest absolute Gasteiger partial charge is 0.462 e. The molecule has 0 saturated carbocycles. The van der Waals surface area contributed by atoms with Crippen molar-refractivity contribution in [3.8, 4) is 5.69 Å². The number of halogens is 3. The minimum atomic E-state index is -4.75. The summed E-state index contributed by atoms with van der Waals surface area (Å²) < 4.78 is 46.7. The highest BCUT2D eigenvalue weighted by Gasteiger charge is 2.41. The minimum Gasteiger partial charge on any atom is -0.462 e. The Morgan fingerprint density at radius 2 is 1.92 bits per heavy atom. The molecule has 1 aromatic heterocycles. The van der Waals surface area contributed by atoms with Gasteiger partial charge in [-0.1, -0.05) is 24.3 Å². The van der Waals surface area contributed by atoms with Crippen LogP contribution in [0.4, 0.5) is 13.2 Å². The molecule has 26 heavy (non-hydrogen) atoms. The lowest BCUT2D eigenvalue weighted by Crippen LogP contribution is -2.18. The Labute approximate surface area is 147 Å². The number of rotatable bonds is 3. The van der Waals surface area contributed by atoms with Crippen molar-refractivity contribution in [2.45, 2.75) is 25.9 Å². The monoisotopic (exact) mass is 360 g/mol. The van der Waals surface area contributed by atoms with Gasteiger partial charge in [-0.3, -0.25) is 0 Å². The number of benzene rings is 2. The fourth-order valence-corrected chi connectivity index (χ4v) is 3.58. The average Bonchev–Trinajstić information content (AvgIpc) is 3.21. The smallest absolute Gasteiger partial charge is 0.434 e. The second-order valence-corrected chi connectivity index (χ2v) is 6.12. The van der Waals surface area contributed by atoms with E-state index in [0.717, 1.165) is 40.2 Å². The molecule has 0 fully saturated rings. The Balaban J connectivity index is 1.98. The van der Waals surface area contributed by atoms with Crippen molar-refractivity contribution in [2.24, 2.45) is 0 Å².